The minimum atomic E-state index is -3.64. The van der Waals surface area contributed by atoms with E-state index in [-0.39, 0.29) is 10.3 Å². The van der Waals surface area contributed by atoms with Crippen LogP contribution in [0.25, 0.3) is 0 Å². The van der Waals surface area contributed by atoms with Crippen LogP contribution in [-0.2, 0) is 14.3 Å². The summed E-state index contributed by atoms with van der Waals surface area (Å²) < 4.78 is 30.0. The first-order valence-electron chi connectivity index (χ1n) is 12.5. The fourth-order valence-corrected chi connectivity index (χ4v) is 5.77. The Labute approximate surface area is 192 Å². The van der Waals surface area contributed by atoms with E-state index in [0.29, 0.717) is 12.0 Å². The summed E-state index contributed by atoms with van der Waals surface area (Å²) >= 11 is 0. The number of aryl methyl sites for hydroxylation is 1. The fraction of sp³-hybridized carbons (Fsp3) is 0.778. The molecule has 0 aliphatic heterocycles. The predicted octanol–water partition coefficient (Wildman–Crippen LogP) is 7.92. The van der Waals surface area contributed by atoms with E-state index in [1.165, 1.54) is 44.9 Å². The zero-order valence-electron chi connectivity index (χ0n) is 20.9. The van der Waals surface area contributed by atoms with Gasteiger partial charge in [0.05, 0.1) is 11.5 Å². The molecule has 0 heterocycles. The molecule has 0 bridgehead atoms. The van der Waals surface area contributed by atoms with Gasteiger partial charge in [-0.1, -0.05) is 84.4 Å². The Morgan fingerprint density at radius 3 is 1.81 bits per heavy atom. The number of hydrogen-bond donors (Lipinski definition) is 0. The SMILES string of the molecule is CCC1(C)CCC(C)CC1.CCC1(COS(=O)(=O)c2ccc(C)cc2)CCC(C)CC1. The molecule has 3 rings (SSSR count). The summed E-state index contributed by atoms with van der Waals surface area (Å²) in [5.41, 5.74) is 1.77. The Kier molecular flexibility index (Phi) is 9.63. The van der Waals surface area contributed by atoms with Crippen LogP contribution in [0.15, 0.2) is 29.2 Å². The molecule has 0 spiro atoms. The van der Waals surface area contributed by atoms with Crippen LogP contribution in [0.5, 0.6) is 0 Å². The summed E-state index contributed by atoms with van der Waals surface area (Å²) in [5, 5.41) is 0. The molecule has 0 radical (unpaired) electrons. The van der Waals surface area contributed by atoms with Gasteiger partial charge in [-0.15, -0.1) is 0 Å². The molecule has 1 aromatic carbocycles. The zero-order valence-corrected chi connectivity index (χ0v) is 21.7. The lowest BCUT2D eigenvalue weighted by Crippen LogP contribution is -2.32. The third kappa shape index (κ3) is 7.89. The molecule has 0 N–H and O–H groups in total. The molecule has 31 heavy (non-hydrogen) atoms. The largest absolute Gasteiger partial charge is 0.296 e. The van der Waals surface area contributed by atoms with E-state index in [1.807, 2.05) is 6.92 Å². The maximum absolute atomic E-state index is 12.3. The smallest absolute Gasteiger partial charge is 0.266 e. The molecule has 3 nitrogen and oxygen atoms in total. The Morgan fingerprint density at radius 1 is 0.871 bits per heavy atom. The Bertz CT molecular complexity index is 750. The molecule has 2 aliphatic rings. The van der Waals surface area contributed by atoms with E-state index < -0.39 is 10.1 Å². The number of benzene rings is 1. The van der Waals surface area contributed by atoms with E-state index in [0.717, 1.165) is 36.7 Å². The van der Waals surface area contributed by atoms with Gasteiger partial charge in [-0.2, -0.15) is 8.42 Å². The number of hydrogen-bond acceptors (Lipinski definition) is 3. The molecule has 0 aromatic heterocycles. The van der Waals surface area contributed by atoms with Crippen LogP contribution in [-0.4, -0.2) is 15.0 Å². The van der Waals surface area contributed by atoms with Crippen molar-refractivity contribution in [3.8, 4) is 0 Å². The van der Waals surface area contributed by atoms with Crippen LogP contribution in [0.3, 0.4) is 0 Å². The van der Waals surface area contributed by atoms with Gasteiger partial charge in [0.1, 0.15) is 0 Å². The highest BCUT2D eigenvalue weighted by atomic mass is 32.2. The maximum Gasteiger partial charge on any atom is 0.296 e. The standard InChI is InChI=1S/C17H26O3S.C10H20/c1-4-17(11-9-15(3)10-12-17)13-20-21(18,19)16-7-5-14(2)6-8-16;1-4-10(3)7-5-9(2)6-8-10/h5-8,15H,4,9-13H2,1-3H3;9H,4-8H2,1-3H3. The van der Waals surface area contributed by atoms with Crippen molar-refractivity contribution in [2.24, 2.45) is 22.7 Å². The number of rotatable bonds is 6. The summed E-state index contributed by atoms with van der Waals surface area (Å²) in [7, 11) is -3.64. The van der Waals surface area contributed by atoms with Crippen LogP contribution >= 0.6 is 0 Å². The molecule has 1 aromatic rings. The average molecular weight is 451 g/mol. The lowest BCUT2D eigenvalue weighted by Gasteiger charge is -2.38. The first-order chi connectivity index (χ1) is 14.5. The molecule has 178 valence electrons. The van der Waals surface area contributed by atoms with Crippen LogP contribution in [0.4, 0.5) is 0 Å². The molecular formula is C27H46O3S. The van der Waals surface area contributed by atoms with E-state index in [1.54, 1.807) is 24.3 Å². The van der Waals surface area contributed by atoms with Gasteiger partial charge in [-0.25, -0.2) is 0 Å². The summed E-state index contributed by atoms with van der Waals surface area (Å²) in [6.07, 6.45) is 12.7. The molecule has 4 heteroatoms. The van der Waals surface area contributed by atoms with E-state index in [9.17, 15) is 8.42 Å². The highest BCUT2D eigenvalue weighted by molar-refractivity contribution is 7.86. The van der Waals surface area contributed by atoms with Crippen molar-refractivity contribution in [3.63, 3.8) is 0 Å². The van der Waals surface area contributed by atoms with E-state index in [2.05, 4.69) is 34.6 Å². The molecule has 0 saturated heterocycles. The third-order valence-electron chi connectivity index (χ3n) is 8.25. The highest BCUT2D eigenvalue weighted by Crippen LogP contribution is 2.42. The molecule has 0 amide bonds. The molecule has 2 aliphatic carbocycles. The monoisotopic (exact) mass is 450 g/mol. The zero-order chi connectivity index (χ0) is 23.1. The van der Waals surface area contributed by atoms with Crippen molar-refractivity contribution >= 4 is 10.1 Å². The van der Waals surface area contributed by atoms with E-state index in [4.69, 9.17) is 4.18 Å². The van der Waals surface area contributed by atoms with Crippen molar-refractivity contribution in [1.82, 2.24) is 0 Å². The molecule has 0 unspecified atom stereocenters. The second-order valence-electron chi connectivity index (χ2n) is 10.9. The normalized spacial score (nSPS) is 31.5. The topological polar surface area (TPSA) is 43.4 Å². The highest BCUT2D eigenvalue weighted by Gasteiger charge is 2.34. The van der Waals surface area contributed by atoms with Gasteiger partial charge >= 0.3 is 0 Å². The lowest BCUT2D eigenvalue weighted by molar-refractivity contribution is 0.0796. The van der Waals surface area contributed by atoms with Crippen LogP contribution < -0.4 is 0 Å². The first-order valence-corrected chi connectivity index (χ1v) is 13.9. The van der Waals surface area contributed by atoms with Crippen molar-refractivity contribution in [3.05, 3.63) is 29.8 Å². The van der Waals surface area contributed by atoms with Crippen molar-refractivity contribution in [2.75, 3.05) is 6.61 Å². The maximum atomic E-state index is 12.3. The summed E-state index contributed by atoms with van der Waals surface area (Å²) in [6.45, 7) is 13.8. The van der Waals surface area contributed by atoms with Gasteiger partial charge in [-0.3, -0.25) is 4.18 Å². The van der Waals surface area contributed by atoms with Gasteiger partial charge in [0, 0.05) is 0 Å². The molecule has 2 saturated carbocycles. The molecule has 2 fully saturated rings. The van der Waals surface area contributed by atoms with E-state index >= 15 is 0 Å². The predicted molar refractivity (Wildman–Crippen MR) is 131 cm³/mol. The minimum absolute atomic E-state index is 0.0320. The molecule has 0 atom stereocenters. The van der Waals surface area contributed by atoms with Crippen LogP contribution in [0.2, 0.25) is 0 Å². The summed E-state index contributed by atoms with van der Waals surface area (Å²) in [5.74, 6) is 1.75. The quantitative estimate of drug-likeness (QED) is 0.413. The Balaban J connectivity index is 0.000000285. The van der Waals surface area contributed by atoms with Crippen LogP contribution in [0, 0.1) is 29.6 Å². The van der Waals surface area contributed by atoms with Gasteiger partial charge in [0.25, 0.3) is 10.1 Å². The Hall–Kier alpha value is -0.870. The lowest BCUT2D eigenvalue weighted by atomic mass is 9.70. The fourth-order valence-electron chi connectivity index (χ4n) is 4.76. The van der Waals surface area contributed by atoms with Crippen LogP contribution in [0.1, 0.15) is 104 Å². The van der Waals surface area contributed by atoms with Crippen molar-refractivity contribution < 1.29 is 12.6 Å². The van der Waals surface area contributed by atoms with Crippen molar-refractivity contribution in [2.45, 2.75) is 111 Å². The van der Waals surface area contributed by atoms with Gasteiger partial charge in [-0.05, 0) is 73.8 Å². The van der Waals surface area contributed by atoms with Crippen molar-refractivity contribution in [1.29, 1.82) is 0 Å². The second kappa shape index (κ2) is 11.3. The first kappa shape index (κ1) is 26.4. The second-order valence-corrected chi connectivity index (χ2v) is 12.5. The minimum Gasteiger partial charge on any atom is -0.266 e. The average Bonchev–Trinajstić information content (AvgIpc) is 2.77. The van der Waals surface area contributed by atoms with Gasteiger partial charge in [0.15, 0.2) is 0 Å². The third-order valence-corrected chi connectivity index (χ3v) is 9.53. The van der Waals surface area contributed by atoms with Gasteiger partial charge < -0.3 is 0 Å². The Morgan fingerprint density at radius 2 is 1.35 bits per heavy atom. The summed E-state index contributed by atoms with van der Waals surface area (Å²) in [6, 6.07) is 6.83. The summed E-state index contributed by atoms with van der Waals surface area (Å²) in [4.78, 5) is 0.253. The molecular weight excluding hydrogens is 404 g/mol. The van der Waals surface area contributed by atoms with Gasteiger partial charge in [0.2, 0.25) is 0 Å².